The van der Waals surface area contributed by atoms with Gasteiger partial charge in [0.05, 0.1) is 11.8 Å². The van der Waals surface area contributed by atoms with E-state index < -0.39 is 0 Å². The molecule has 134 valence electrons. The van der Waals surface area contributed by atoms with Crippen molar-refractivity contribution in [1.82, 2.24) is 25.1 Å². The molecule has 3 aromatic rings. The molecule has 3 rings (SSSR count). The molecule has 0 fully saturated rings. The lowest BCUT2D eigenvalue weighted by atomic mass is 10.2. The second-order valence-corrected chi connectivity index (χ2v) is 7.46. The highest BCUT2D eigenvalue weighted by molar-refractivity contribution is 7.99. The van der Waals surface area contributed by atoms with Gasteiger partial charge in [-0.15, -0.1) is 28.1 Å². The molecule has 1 N–H and O–H groups in total. The smallest absolute Gasteiger partial charge is 0.230 e. The molecule has 6 nitrogen and oxygen atoms in total. The third kappa shape index (κ3) is 4.39. The van der Waals surface area contributed by atoms with Crippen molar-refractivity contribution >= 4 is 29.0 Å². The number of nitrogens with one attached hydrogen (secondary N) is 1. The van der Waals surface area contributed by atoms with E-state index in [1.807, 2.05) is 41.1 Å². The second kappa shape index (κ2) is 8.77. The molecule has 0 spiro atoms. The van der Waals surface area contributed by atoms with E-state index in [1.165, 1.54) is 11.8 Å². The van der Waals surface area contributed by atoms with Crippen LogP contribution >= 0.6 is 23.1 Å². The number of amides is 1. The first-order chi connectivity index (χ1) is 12.7. The number of allylic oxidation sites excluding steroid dienone is 1. The van der Waals surface area contributed by atoms with Crippen LogP contribution in [-0.4, -0.2) is 31.4 Å². The molecule has 0 aromatic carbocycles. The Kier molecular flexibility index (Phi) is 6.19. The summed E-state index contributed by atoms with van der Waals surface area (Å²) in [5.74, 6) is 0.984. The van der Waals surface area contributed by atoms with Gasteiger partial charge in [-0.1, -0.05) is 23.9 Å². The number of thiophene rings is 1. The van der Waals surface area contributed by atoms with Crippen molar-refractivity contribution in [2.75, 3.05) is 5.75 Å². The average molecular weight is 386 g/mol. The normalized spacial score (nSPS) is 11.9. The lowest BCUT2D eigenvalue weighted by Gasteiger charge is -2.12. The van der Waals surface area contributed by atoms with E-state index in [0.29, 0.717) is 11.7 Å². The quantitative estimate of drug-likeness (QED) is 0.474. The third-order valence-electron chi connectivity index (χ3n) is 3.65. The van der Waals surface area contributed by atoms with Gasteiger partial charge in [-0.05, 0) is 30.5 Å². The molecular weight excluding hydrogens is 366 g/mol. The van der Waals surface area contributed by atoms with Crippen LogP contribution in [0.3, 0.4) is 0 Å². The van der Waals surface area contributed by atoms with Gasteiger partial charge < -0.3 is 5.32 Å². The van der Waals surface area contributed by atoms with E-state index in [2.05, 4.69) is 27.1 Å². The maximum atomic E-state index is 12.3. The number of aromatic nitrogens is 4. The Balaban J connectivity index is 1.67. The maximum Gasteiger partial charge on any atom is 0.230 e. The van der Waals surface area contributed by atoms with Crippen molar-refractivity contribution in [3.8, 4) is 11.4 Å². The van der Waals surface area contributed by atoms with Gasteiger partial charge in [0.1, 0.15) is 0 Å². The molecule has 0 aliphatic rings. The molecule has 3 heterocycles. The third-order valence-corrected chi connectivity index (χ3v) is 5.67. The number of hydrogen-bond donors (Lipinski definition) is 1. The van der Waals surface area contributed by atoms with Crippen molar-refractivity contribution in [1.29, 1.82) is 0 Å². The van der Waals surface area contributed by atoms with E-state index in [9.17, 15) is 4.79 Å². The van der Waals surface area contributed by atoms with Gasteiger partial charge in [-0.2, -0.15) is 0 Å². The Bertz CT molecular complexity index is 861. The number of hydrogen-bond acceptors (Lipinski definition) is 6. The van der Waals surface area contributed by atoms with Crippen LogP contribution in [0, 0.1) is 0 Å². The summed E-state index contributed by atoms with van der Waals surface area (Å²) in [4.78, 5) is 17.4. The number of nitrogens with zero attached hydrogens (tertiary/aromatic N) is 4. The van der Waals surface area contributed by atoms with Crippen molar-refractivity contribution in [2.24, 2.45) is 0 Å². The molecule has 0 saturated carbocycles. The number of carbonyl (C=O) groups excluding carboxylic acids is 1. The standard InChI is InChI=1S/C18H19N5OS2/c1-3-10-23-17(14-6-8-19-9-7-14)21-22-18(23)26-12-16(24)20-13(2)15-5-4-11-25-15/h3-9,11,13H,1,10,12H2,2H3,(H,20,24)/t13-/m0/s1. The molecule has 0 saturated heterocycles. The van der Waals surface area contributed by atoms with Gasteiger partial charge in [0.25, 0.3) is 0 Å². The van der Waals surface area contributed by atoms with E-state index in [0.717, 1.165) is 16.3 Å². The van der Waals surface area contributed by atoms with Gasteiger partial charge in [0.15, 0.2) is 11.0 Å². The average Bonchev–Trinajstić information content (AvgIpc) is 3.31. The van der Waals surface area contributed by atoms with E-state index in [-0.39, 0.29) is 17.7 Å². The first-order valence-electron chi connectivity index (χ1n) is 8.09. The molecule has 0 aliphatic heterocycles. The SMILES string of the molecule is C=CCn1c(SCC(=O)N[C@@H](C)c2cccs2)nnc1-c1ccncc1. The minimum Gasteiger partial charge on any atom is -0.348 e. The summed E-state index contributed by atoms with van der Waals surface area (Å²) in [6.45, 7) is 6.35. The summed E-state index contributed by atoms with van der Waals surface area (Å²) in [5.41, 5.74) is 0.928. The number of thioether (sulfide) groups is 1. The van der Waals surface area contributed by atoms with Crippen LogP contribution in [-0.2, 0) is 11.3 Å². The molecular formula is C18H19N5OS2. The number of carbonyl (C=O) groups is 1. The molecule has 1 amide bonds. The first-order valence-corrected chi connectivity index (χ1v) is 9.95. The monoisotopic (exact) mass is 385 g/mol. The largest absolute Gasteiger partial charge is 0.348 e. The predicted octanol–water partition coefficient (Wildman–Crippen LogP) is 3.56. The highest BCUT2D eigenvalue weighted by atomic mass is 32.2. The fraction of sp³-hybridized carbons (Fsp3) is 0.222. The fourth-order valence-electron chi connectivity index (χ4n) is 2.43. The predicted molar refractivity (Wildman–Crippen MR) is 105 cm³/mol. The van der Waals surface area contributed by atoms with Gasteiger partial charge in [-0.3, -0.25) is 14.3 Å². The zero-order chi connectivity index (χ0) is 18.4. The molecule has 26 heavy (non-hydrogen) atoms. The minimum absolute atomic E-state index is 0.00141. The van der Waals surface area contributed by atoms with E-state index in [1.54, 1.807) is 29.8 Å². The molecule has 0 aliphatic carbocycles. The van der Waals surface area contributed by atoms with Crippen LogP contribution in [0.4, 0.5) is 0 Å². The molecule has 0 radical (unpaired) electrons. The van der Waals surface area contributed by atoms with Crippen LogP contribution in [0.5, 0.6) is 0 Å². The van der Waals surface area contributed by atoms with Gasteiger partial charge in [0.2, 0.25) is 5.91 Å². The number of rotatable bonds is 8. The first kappa shape index (κ1) is 18.3. The van der Waals surface area contributed by atoms with Crippen molar-refractivity contribution < 1.29 is 4.79 Å². The zero-order valence-electron chi connectivity index (χ0n) is 14.3. The van der Waals surface area contributed by atoms with Gasteiger partial charge >= 0.3 is 0 Å². The Labute approximate surface area is 160 Å². The minimum atomic E-state index is -0.0329. The molecule has 8 heteroatoms. The van der Waals surface area contributed by atoms with E-state index in [4.69, 9.17) is 0 Å². The van der Waals surface area contributed by atoms with Crippen molar-refractivity contribution in [3.05, 3.63) is 59.6 Å². The second-order valence-electron chi connectivity index (χ2n) is 5.53. The Morgan fingerprint density at radius 3 is 2.88 bits per heavy atom. The van der Waals surface area contributed by atoms with Gasteiger partial charge in [0, 0.05) is 29.4 Å². The topological polar surface area (TPSA) is 72.7 Å². The molecule has 0 unspecified atom stereocenters. The Morgan fingerprint density at radius 2 is 2.19 bits per heavy atom. The summed E-state index contributed by atoms with van der Waals surface area (Å²) in [6.07, 6.45) is 5.22. The molecule has 3 aromatic heterocycles. The summed E-state index contributed by atoms with van der Waals surface area (Å²) >= 11 is 3.00. The summed E-state index contributed by atoms with van der Waals surface area (Å²) in [6, 6.07) is 7.77. The summed E-state index contributed by atoms with van der Waals surface area (Å²) < 4.78 is 1.95. The van der Waals surface area contributed by atoms with Crippen LogP contribution < -0.4 is 5.32 Å². The maximum absolute atomic E-state index is 12.3. The van der Waals surface area contributed by atoms with Crippen molar-refractivity contribution in [3.63, 3.8) is 0 Å². The van der Waals surface area contributed by atoms with Crippen LogP contribution in [0.2, 0.25) is 0 Å². The Hall–Kier alpha value is -2.45. The number of pyridine rings is 1. The summed E-state index contributed by atoms with van der Waals surface area (Å²) in [7, 11) is 0. The van der Waals surface area contributed by atoms with E-state index >= 15 is 0 Å². The summed E-state index contributed by atoms with van der Waals surface area (Å²) in [5, 5.41) is 14.2. The molecule has 1 atom stereocenters. The molecule has 0 bridgehead atoms. The van der Waals surface area contributed by atoms with Crippen molar-refractivity contribution in [2.45, 2.75) is 24.7 Å². The fourth-order valence-corrected chi connectivity index (χ4v) is 3.92. The van der Waals surface area contributed by atoms with Crippen LogP contribution in [0.15, 0.2) is 59.9 Å². The van der Waals surface area contributed by atoms with Crippen LogP contribution in [0.25, 0.3) is 11.4 Å². The highest BCUT2D eigenvalue weighted by Crippen LogP contribution is 2.24. The lowest BCUT2D eigenvalue weighted by molar-refractivity contribution is -0.119. The Morgan fingerprint density at radius 1 is 1.38 bits per heavy atom. The highest BCUT2D eigenvalue weighted by Gasteiger charge is 2.16. The zero-order valence-corrected chi connectivity index (χ0v) is 16.0. The van der Waals surface area contributed by atoms with Gasteiger partial charge in [-0.25, -0.2) is 0 Å². The van der Waals surface area contributed by atoms with Crippen LogP contribution in [0.1, 0.15) is 17.8 Å². The lowest BCUT2D eigenvalue weighted by Crippen LogP contribution is -2.27.